The SMILES string of the molecule is C=C/C=C(\C=C)COC(=O)[C@H](COC(F)F)NC(=O)C(C)N.CCc1ccccc1. The Hall–Kier alpha value is -2.84. The molecule has 0 bridgehead atoms. The van der Waals surface area contributed by atoms with Gasteiger partial charge in [0.2, 0.25) is 5.91 Å². The number of carbonyl (C=O) groups excluding carboxylic acids is 2. The van der Waals surface area contributed by atoms with Gasteiger partial charge in [0.25, 0.3) is 0 Å². The molecule has 0 saturated carbocycles. The lowest BCUT2D eigenvalue weighted by Gasteiger charge is -2.18. The predicted octanol–water partition coefficient (Wildman–Crippen LogP) is 3.15. The van der Waals surface area contributed by atoms with Gasteiger partial charge in [0.15, 0.2) is 6.04 Å². The second-order valence-corrected chi connectivity index (χ2v) is 6.07. The van der Waals surface area contributed by atoms with Gasteiger partial charge in [-0.3, -0.25) is 4.79 Å². The second-order valence-electron chi connectivity index (χ2n) is 6.07. The number of aryl methyl sites for hydroxylation is 1. The van der Waals surface area contributed by atoms with Gasteiger partial charge in [0.1, 0.15) is 6.61 Å². The van der Waals surface area contributed by atoms with Crippen molar-refractivity contribution in [3.05, 3.63) is 72.9 Å². The minimum atomic E-state index is -3.08. The number of ether oxygens (including phenoxy) is 2. The van der Waals surface area contributed by atoms with Gasteiger partial charge in [0, 0.05) is 0 Å². The summed E-state index contributed by atoms with van der Waals surface area (Å²) in [7, 11) is 0. The number of rotatable bonds is 11. The van der Waals surface area contributed by atoms with Gasteiger partial charge in [-0.25, -0.2) is 4.79 Å². The Kier molecular flexibility index (Phi) is 14.5. The first-order chi connectivity index (χ1) is 14.2. The van der Waals surface area contributed by atoms with E-state index < -0.39 is 37.2 Å². The fourth-order valence-corrected chi connectivity index (χ4v) is 1.94. The molecule has 0 aliphatic carbocycles. The summed E-state index contributed by atoms with van der Waals surface area (Å²) in [5.74, 6) is -1.61. The molecule has 6 nitrogen and oxygen atoms in total. The van der Waals surface area contributed by atoms with Crippen LogP contribution in [0.25, 0.3) is 0 Å². The van der Waals surface area contributed by atoms with Crippen molar-refractivity contribution in [2.45, 2.75) is 39.0 Å². The van der Waals surface area contributed by atoms with Gasteiger partial charge in [-0.15, -0.1) is 0 Å². The van der Waals surface area contributed by atoms with Crippen molar-refractivity contribution in [1.82, 2.24) is 5.32 Å². The molecule has 1 rings (SSSR count). The molecular formula is C22H30F2N2O4. The number of nitrogens with two attached hydrogens (primary N) is 1. The third-order valence-electron chi connectivity index (χ3n) is 3.63. The molecule has 0 spiro atoms. The highest BCUT2D eigenvalue weighted by Crippen LogP contribution is 2.02. The number of nitrogens with one attached hydrogen (secondary N) is 1. The molecule has 30 heavy (non-hydrogen) atoms. The lowest BCUT2D eigenvalue weighted by Crippen LogP contribution is -2.50. The maximum Gasteiger partial charge on any atom is 0.345 e. The van der Waals surface area contributed by atoms with Crippen LogP contribution in [0.2, 0.25) is 0 Å². The van der Waals surface area contributed by atoms with E-state index >= 15 is 0 Å². The average Bonchev–Trinajstić information content (AvgIpc) is 2.74. The van der Waals surface area contributed by atoms with Gasteiger partial charge < -0.3 is 20.5 Å². The van der Waals surface area contributed by atoms with Crippen LogP contribution in [0.1, 0.15) is 19.4 Å². The summed E-state index contributed by atoms with van der Waals surface area (Å²) in [5.41, 5.74) is 7.30. The van der Waals surface area contributed by atoms with Crippen molar-refractivity contribution in [3.8, 4) is 0 Å². The van der Waals surface area contributed by atoms with Crippen LogP contribution in [-0.4, -0.2) is 43.8 Å². The summed E-state index contributed by atoms with van der Waals surface area (Å²) in [5, 5.41) is 2.18. The van der Waals surface area contributed by atoms with Gasteiger partial charge in [0.05, 0.1) is 12.6 Å². The number of carbonyl (C=O) groups is 2. The lowest BCUT2D eigenvalue weighted by molar-refractivity contribution is -0.160. The highest BCUT2D eigenvalue weighted by Gasteiger charge is 2.25. The molecule has 166 valence electrons. The van der Waals surface area contributed by atoms with Crippen LogP contribution >= 0.6 is 0 Å². The zero-order chi connectivity index (χ0) is 22.9. The van der Waals surface area contributed by atoms with E-state index in [0.717, 1.165) is 6.42 Å². The van der Waals surface area contributed by atoms with Crippen molar-refractivity contribution >= 4 is 11.9 Å². The molecule has 0 aliphatic rings. The summed E-state index contributed by atoms with van der Waals surface area (Å²) in [4.78, 5) is 23.3. The Morgan fingerprint density at radius 2 is 1.87 bits per heavy atom. The number of allylic oxidation sites excluding steroid dienone is 2. The molecule has 0 heterocycles. The van der Waals surface area contributed by atoms with Crippen LogP contribution in [-0.2, 0) is 25.5 Å². The first-order valence-electron chi connectivity index (χ1n) is 9.35. The largest absolute Gasteiger partial charge is 0.459 e. The van der Waals surface area contributed by atoms with E-state index in [2.05, 4.69) is 54.4 Å². The van der Waals surface area contributed by atoms with E-state index in [9.17, 15) is 18.4 Å². The highest BCUT2D eigenvalue weighted by molar-refractivity contribution is 5.87. The molecule has 1 amide bonds. The summed E-state index contributed by atoms with van der Waals surface area (Å²) in [6, 6.07) is 8.16. The molecule has 0 radical (unpaired) electrons. The van der Waals surface area contributed by atoms with E-state index in [1.165, 1.54) is 24.6 Å². The minimum Gasteiger partial charge on any atom is -0.459 e. The minimum absolute atomic E-state index is 0.145. The Bertz CT molecular complexity index is 692. The van der Waals surface area contributed by atoms with E-state index in [4.69, 9.17) is 10.5 Å². The monoisotopic (exact) mass is 424 g/mol. The van der Waals surface area contributed by atoms with E-state index in [0.29, 0.717) is 5.57 Å². The van der Waals surface area contributed by atoms with E-state index in [1.807, 2.05) is 6.07 Å². The molecule has 1 aromatic rings. The van der Waals surface area contributed by atoms with Crippen LogP contribution in [0, 0.1) is 0 Å². The smallest absolute Gasteiger partial charge is 0.345 e. The summed E-state index contributed by atoms with van der Waals surface area (Å²) in [6.45, 7) is 6.59. The standard InChI is InChI=1S/C14H20F2N2O4.C8H10/c1-4-6-10(5-2)7-21-13(20)11(8-22-14(15)16)18-12(19)9(3)17;1-2-8-6-4-3-5-7-8/h4-6,9,11,14H,1-2,7-8,17H2,3H3,(H,18,19);3-7H,2H2,1H3/b10-6+;/t9?,11-;/m0./s1. The summed E-state index contributed by atoms with van der Waals surface area (Å²) >= 11 is 0. The first kappa shape index (κ1) is 27.2. The molecular weight excluding hydrogens is 394 g/mol. The number of alkyl halides is 2. The summed E-state index contributed by atoms with van der Waals surface area (Å²) < 4.78 is 33.1. The molecule has 1 aromatic carbocycles. The molecule has 2 atom stereocenters. The van der Waals surface area contributed by atoms with Crippen molar-refractivity contribution in [1.29, 1.82) is 0 Å². The molecule has 0 fully saturated rings. The van der Waals surface area contributed by atoms with Crippen LogP contribution in [0.4, 0.5) is 8.78 Å². The van der Waals surface area contributed by atoms with Gasteiger partial charge >= 0.3 is 12.6 Å². The Balaban J connectivity index is 0.000000867. The van der Waals surface area contributed by atoms with E-state index in [-0.39, 0.29) is 6.61 Å². The number of hydrogen-bond donors (Lipinski definition) is 2. The topological polar surface area (TPSA) is 90.6 Å². The molecule has 1 unspecified atom stereocenters. The molecule has 0 aromatic heterocycles. The third-order valence-corrected chi connectivity index (χ3v) is 3.63. The van der Waals surface area contributed by atoms with Gasteiger partial charge in [-0.2, -0.15) is 8.78 Å². The van der Waals surface area contributed by atoms with Crippen LogP contribution in [0.5, 0.6) is 0 Å². The molecule has 8 heteroatoms. The number of benzene rings is 1. The lowest BCUT2D eigenvalue weighted by atomic mass is 10.2. The van der Waals surface area contributed by atoms with Crippen LogP contribution in [0.3, 0.4) is 0 Å². The maximum atomic E-state index is 12.1. The molecule has 0 saturated heterocycles. The average molecular weight is 424 g/mol. The first-order valence-corrected chi connectivity index (χ1v) is 9.35. The van der Waals surface area contributed by atoms with Crippen molar-refractivity contribution in [3.63, 3.8) is 0 Å². The number of esters is 1. The number of amides is 1. The second kappa shape index (κ2) is 16.0. The third kappa shape index (κ3) is 12.6. The molecule has 0 aliphatic heterocycles. The Morgan fingerprint density at radius 1 is 1.23 bits per heavy atom. The fourth-order valence-electron chi connectivity index (χ4n) is 1.94. The quantitative estimate of drug-likeness (QED) is 0.421. The van der Waals surface area contributed by atoms with Crippen LogP contribution < -0.4 is 11.1 Å². The van der Waals surface area contributed by atoms with Gasteiger partial charge in [-0.1, -0.05) is 68.6 Å². The summed E-state index contributed by atoms with van der Waals surface area (Å²) in [6.07, 6.45) is 5.62. The Morgan fingerprint density at radius 3 is 2.30 bits per heavy atom. The fraction of sp³-hybridized carbons (Fsp3) is 0.364. The van der Waals surface area contributed by atoms with E-state index in [1.54, 1.807) is 6.08 Å². The van der Waals surface area contributed by atoms with Crippen LogP contribution in [0.15, 0.2) is 67.3 Å². The molecule has 3 N–H and O–H groups in total. The number of halogens is 2. The zero-order valence-electron chi connectivity index (χ0n) is 17.4. The van der Waals surface area contributed by atoms with Crippen molar-refractivity contribution < 1.29 is 27.8 Å². The van der Waals surface area contributed by atoms with Gasteiger partial charge in [-0.05, 0) is 24.5 Å². The normalized spacial score (nSPS) is 12.8. The Labute approximate surface area is 176 Å². The van der Waals surface area contributed by atoms with Crippen molar-refractivity contribution in [2.75, 3.05) is 13.2 Å². The predicted molar refractivity (Wildman–Crippen MR) is 113 cm³/mol. The maximum absolute atomic E-state index is 12.1. The highest BCUT2D eigenvalue weighted by atomic mass is 19.3. The van der Waals surface area contributed by atoms with Crippen molar-refractivity contribution in [2.24, 2.45) is 5.73 Å². The number of hydrogen-bond acceptors (Lipinski definition) is 5. The zero-order valence-corrected chi connectivity index (χ0v) is 17.4.